The van der Waals surface area contributed by atoms with Crippen LogP contribution in [0.15, 0.2) is 40.2 Å². The Balaban J connectivity index is 1.93. The first-order valence-electron chi connectivity index (χ1n) is 6.47. The smallest absolute Gasteiger partial charge is 0.239 e. The van der Waals surface area contributed by atoms with Crippen LogP contribution in [0.25, 0.3) is 0 Å². The normalized spacial score (nSPS) is 12.1. The number of thiophene rings is 1. The number of likely N-dealkylation sites (N-methyl/N-ethyl adjacent to an activating group) is 1. The summed E-state index contributed by atoms with van der Waals surface area (Å²) >= 11 is 5.00. The van der Waals surface area contributed by atoms with Crippen LogP contribution >= 0.6 is 27.3 Å². The van der Waals surface area contributed by atoms with Crippen molar-refractivity contribution in [2.24, 2.45) is 5.73 Å². The highest BCUT2D eigenvalue weighted by molar-refractivity contribution is 9.10. The summed E-state index contributed by atoms with van der Waals surface area (Å²) in [5.74, 6) is 0.117. The summed E-state index contributed by atoms with van der Waals surface area (Å²) in [5, 5.41) is 11.2. The van der Waals surface area contributed by atoms with Gasteiger partial charge >= 0.3 is 0 Å². The van der Waals surface area contributed by atoms with Gasteiger partial charge in [0.15, 0.2) is 0 Å². The van der Waals surface area contributed by atoms with E-state index in [2.05, 4.69) is 15.9 Å². The lowest BCUT2D eigenvalue weighted by molar-refractivity contribution is -0.131. The molecule has 1 unspecified atom stereocenters. The average molecular weight is 369 g/mol. The van der Waals surface area contributed by atoms with E-state index < -0.39 is 6.04 Å². The number of hydrogen-bond donors (Lipinski definition) is 2. The van der Waals surface area contributed by atoms with Crippen LogP contribution in [0.5, 0.6) is 5.75 Å². The summed E-state index contributed by atoms with van der Waals surface area (Å²) in [5.41, 5.74) is 6.92. The fourth-order valence-corrected chi connectivity index (χ4v) is 3.51. The van der Waals surface area contributed by atoms with Crippen molar-refractivity contribution in [3.8, 4) is 5.75 Å². The van der Waals surface area contributed by atoms with Gasteiger partial charge in [0.05, 0.1) is 12.6 Å². The molecule has 4 nitrogen and oxygen atoms in total. The van der Waals surface area contributed by atoms with Crippen molar-refractivity contribution in [3.05, 3.63) is 50.6 Å². The van der Waals surface area contributed by atoms with Crippen LogP contribution in [0.2, 0.25) is 0 Å². The highest BCUT2D eigenvalue weighted by Crippen LogP contribution is 2.21. The zero-order valence-corrected chi connectivity index (χ0v) is 14.0. The number of hydrogen-bond acceptors (Lipinski definition) is 4. The van der Waals surface area contributed by atoms with Crippen LogP contribution in [-0.4, -0.2) is 29.0 Å². The Morgan fingerprint density at radius 3 is 2.67 bits per heavy atom. The summed E-state index contributed by atoms with van der Waals surface area (Å²) in [4.78, 5) is 15.0. The number of rotatable bonds is 5. The van der Waals surface area contributed by atoms with E-state index in [4.69, 9.17) is 5.73 Å². The van der Waals surface area contributed by atoms with Crippen LogP contribution < -0.4 is 5.73 Å². The fraction of sp³-hybridized carbons (Fsp3) is 0.267. The highest BCUT2D eigenvalue weighted by Gasteiger charge is 2.19. The molecule has 1 atom stereocenters. The van der Waals surface area contributed by atoms with Crippen molar-refractivity contribution >= 4 is 33.2 Å². The zero-order valence-electron chi connectivity index (χ0n) is 11.6. The molecule has 0 bridgehead atoms. The van der Waals surface area contributed by atoms with Crippen LogP contribution in [0.1, 0.15) is 10.4 Å². The second kappa shape index (κ2) is 7.06. The first kappa shape index (κ1) is 16.0. The molecule has 3 N–H and O–H groups in total. The van der Waals surface area contributed by atoms with E-state index in [1.54, 1.807) is 47.5 Å². The lowest BCUT2D eigenvalue weighted by Gasteiger charge is -2.20. The molecule has 112 valence electrons. The molecule has 0 fully saturated rings. The Morgan fingerprint density at radius 2 is 2.10 bits per heavy atom. The van der Waals surface area contributed by atoms with Gasteiger partial charge in [-0.15, -0.1) is 11.3 Å². The molecule has 2 rings (SSSR count). The Kier molecular flexibility index (Phi) is 5.39. The third-order valence-electron chi connectivity index (χ3n) is 3.10. The van der Waals surface area contributed by atoms with E-state index in [0.29, 0.717) is 13.0 Å². The van der Waals surface area contributed by atoms with E-state index >= 15 is 0 Å². The summed E-state index contributed by atoms with van der Waals surface area (Å²) in [6, 6.07) is 8.17. The lowest BCUT2D eigenvalue weighted by atomic mass is 10.1. The third-order valence-corrected chi connectivity index (χ3v) is 4.78. The van der Waals surface area contributed by atoms with E-state index in [-0.39, 0.29) is 11.7 Å². The molecule has 1 amide bonds. The van der Waals surface area contributed by atoms with E-state index in [1.807, 2.05) is 11.4 Å². The zero-order chi connectivity index (χ0) is 15.4. The summed E-state index contributed by atoms with van der Waals surface area (Å²) in [6.45, 7) is 0.554. The molecule has 1 aromatic carbocycles. The minimum absolute atomic E-state index is 0.0902. The van der Waals surface area contributed by atoms with Gasteiger partial charge in [0.1, 0.15) is 5.75 Å². The number of benzene rings is 1. The van der Waals surface area contributed by atoms with Crippen LogP contribution in [0, 0.1) is 0 Å². The number of aromatic hydroxyl groups is 1. The highest BCUT2D eigenvalue weighted by atomic mass is 79.9. The molecule has 0 saturated carbocycles. The molecular formula is C15H17BrN2O2S. The predicted molar refractivity (Wildman–Crippen MR) is 88.3 cm³/mol. The van der Waals surface area contributed by atoms with E-state index in [9.17, 15) is 9.90 Å². The maximum absolute atomic E-state index is 12.3. The van der Waals surface area contributed by atoms with Gasteiger partial charge in [-0.3, -0.25) is 4.79 Å². The molecule has 0 aliphatic heterocycles. The number of halogens is 1. The Labute approximate surface area is 136 Å². The molecule has 1 heterocycles. The van der Waals surface area contributed by atoms with Crippen molar-refractivity contribution in [2.75, 3.05) is 7.05 Å². The first-order valence-corrected chi connectivity index (χ1v) is 8.14. The van der Waals surface area contributed by atoms with Crippen molar-refractivity contribution in [3.63, 3.8) is 0 Å². The number of phenols is 1. The van der Waals surface area contributed by atoms with Gasteiger partial charge in [0.25, 0.3) is 0 Å². The molecule has 0 radical (unpaired) electrons. The van der Waals surface area contributed by atoms with Gasteiger partial charge in [-0.1, -0.05) is 12.1 Å². The van der Waals surface area contributed by atoms with Gasteiger partial charge in [-0.2, -0.15) is 0 Å². The molecule has 0 saturated heterocycles. The van der Waals surface area contributed by atoms with Crippen molar-refractivity contribution in [1.29, 1.82) is 0 Å². The Morgan fingerprint density at radius 1 is 1.43 bits per heavy atom. The van der Waals surface area contributed by atoms with Crippen molar-refractivity contribution < 1.29 is 9.90 Å². The average Bonchev–Trinajstić information content (AvgIpc) is 2.85. The van der Waals surface area contributed by atoms with Gasteiger partial charge in [-0.25, -0.2) is 0 Å². The second-order valence-corrected chi connectivity index (χ2v) is 6.81. The van der Waals surface area contributed by atoms with Crippen LogP contribution in [0.3, 0.4) is 0 Å². The maximum Gasteiger partial charge on any atom is 0.239 e. The second-order valence-electron chi connectivity index (χ2n) is 4.90. The minimum atomic E-state index is -0.581. The largest absolute Gasteiger partial charge is 0.508 e. The standard InChI is InChI=1S/C15H17BrN2O2S/c1-18(8-13-7-11(16)9-21-13)15(20)14(17)6-10-2-4-12(19)5-3-10/h2-5,7,9,14,19H,6,8,17H2,1H3. The monoisotopic (exact) mass is 368 g/mol. The van der Waals surface area contributed by atoms with Gasteiger partial charge in [0.2, 0.25) is 5.91 Å². The minimum Gasteiger partial charge on any atom is -0.508 e. The molecule has 1 aromatic heterocycles. The fourth-order valence-electron chi connectivity index (χ4n) is 2.00. The lowest BCUT2D eigenvalue weighted by Crippen LogP contribution is -2.42. The number of phenolic OH excluding ortho intramolecular Hbond substituents is 1. The summed E-state index contributed by atoms with van der Waals surface area (Å²) < 4.78 is 1.02. The Bertz CT molecular complexity index is 612. The molecule has 2 aromatic rings. The van der Waals surface area contributed by atoms with Gasteiger partial charge in [-0.05, 0) is 46.1 Å². The summed E-state index contributed by atoms with van der Waals surface area (Å²) in [6.07, 6.45) is 0.456. The number of carbonyl (C=O) groups excluding carboxylic acids is 1. The number of nitrogens with zero attached hydrogens (tertiary/aromatic N) is 1. The quantitative estimate of drug-likeness (QED) is 0.852. The van der Waals surface area contributed by atoms with E-state index in [0.717, 1.165) is 14.9 Å². The first-order chi connectivity index (χ1) is 9.95. The number of amides is 1. The molecule has 0 spiro atoms. The van der Waals surface area contributed by atoms with Crippen molar-refractivity contribution in [2.45, 2.75) is 19.0 Å². The topological polar surface area (TPSA) is 66.6 Å². The maximum atomic E-state index is 12.3. The van der Waals surface area contributed by atoms with Gasteiger partial charge < -0.3 is 15.7 Å². The number of carbonyl (C=O) groups is 1. The molecule has 6 heteroatoms. The molecule has 21 heavy (non-hydrogen) atoms. The third kappa shape index (κ3) is 4.56. The van der Waals surface area contributed by atoms with Crippen molar-refractivity contribution in [1.82, 2.24) is 4.90 Å². The molecule has 0 aliphatic carbocycles. The predicted octanol–water partition coefficient (Wildman–Crippen LogP) is 2.74. The number of nitrogens with two attached hydrogens (primary N) is 1. The van der Waals surface area contributed by atoms with Gasteiger partial charge in [0, 0.05) is 21.8 Å². The molecular weight excluding hydrogens is 352 g/mol. The molecule has 0 aliphatic rings. The summed E-state index contributed by atoms with van der Waals surface area (Å²) in [7, 11) is 1.76. The van der Waals surface area contributed by atoms with Crippen LogP contribution in [0.4, 0.5) is 0 Å². The SMILES string of the molecule is CN(Cc1cc(Br)cs1)C(=O)C(N)Cc1ccc(O)cc1. The van der Waals surface area contributed by atoms with E-state index in [1.165, 1.54) is 0 Å². The Hall–Kier alpha value is -1.37. The van der Waals surface area contributed by atoms with Crippen LogP contribution in [-0.2, 0) is 17.8 Å².